The molecular formula is C16H19N3O2. The van der Waals surface area contributed by atoms with E-state index in [1.165, 1.54) is 16.8 Å². The molecule has 1 amide bonds. The lowest BCUT2D eigenvalue weighted by atomic mass is 10.1. The molecule has 1 aromatic heterocycles. The highest BCUT2D eigenvalue weighted by Crippen LogP contribution is 2.04. The Morgan fingerprint density at radius 3 is 2.43 bits per heavy atom. The summed E-state index contributed by atoms with van der Waals surface area (Å²) in [6.45, 7) is 4.04. The lowest BCUT2D eigenvalue weighted by Crippen LogP contribution is -2.35. The summed E-state index contributed by atoms with van der Waals surface area (Å²) >= 11 is 0. The lowest BCUT2D eigenvalue weighted by molar-refractivity contribution is 0.0928. The smallest absolute Gasteiger partial charge is 0.271 e. The largest absolute Gasteiger partial charge is 0.348 e. The van der Waals surface area contributed by atoms with Crippen molar-refractivity contribution in [2.75, 3.05) is 0 Å². The Labute approximate surface area is 123 Å². The van der Waals surface area contributed by atoms with Crippen LogP contribution >= 0.6 is 0 Å². The fraction of sp³-hybridized carbons (Fsp3) is 0.312. The highest BCUT2D eigenvalue weighted by molar-refractivity contribution is 5.92. The number of nitrogens with zero attached hydrogens (tertiary/aromatic N) is 2. The SMILES string of the molecule is CCC(CC)NC(=O)c1ccc(=O)n(-c2ccccc2)n1. The number of carbonyl (C=O) groups is 1. The van der Waals surface area contributed by atoms with E-state index >= 15 is 0 Å². The first-order valence-corrected chi connectivity index (χ1v) is 7.12. The summed E-state index contributed by atoms with van der Waals surface area (Å²) in [5.74, 6) is -0.256. The molecule has 0 spiro atoms. The zero-order valence-corrected chi connectivity index (χ0v) is 12.2. The molecule has 2 aromatic rings. The second-order valence-electron chi connectivity index (χ2n) is 4.79. The molecule has 5 nitrogen and oxygen atoms in total. The molecule has 110 valence electrons. The van der Waals surface area contributed by atoms with Gasteiger partial charge in [-0.3, -0.25) is 9.59 Å². The molecule has 0 aliphatic rings. The molecule has 1 N–H and O–H groups in total. The Balaban J connectivity index is 2.31. The first-order chi connectivity index (χ1) is 10.2. The number of benzene rings is 1. The third-order valence-corrected chi connectivity index (χ3v) is 3.35. The Hall–Kier alpha value is -2.43. The maximum Gasteiger partial charge on any atom is 0.271 e. The average Bonchev–Trinajstić information content (AvgIpc) is 2.53. The second kappa shape index (κ2) is 6.83. The van der Waals surface area contributed by atoms with Gasteiger partial charge in [-0.25, -0.2) is 0 Å². The number of rotatable bonds is 5. The molecule has 0 saturated heterocycles. The zero-order valence-electron chi connectivity index (χ0n) is 12.2. The predicted molar refractivity (Wildman–Crippen MR) is 81.7 cm³/mol. The van der Waals surface area contributed by atoms with Crippen LogP contribution in [0.3, 0.4) is 0 Å². The molecule has 0 radical (unpaired) electrons. The van der Waals surface area contributed by atoms with Gasteiger partial charge in [-0.2, -0.15) is 9.78 Å². The third-order valence-electron chi connectivity index (χ3n) is 3.35. The number of carbonyl (C=O) groups excluding carboxylic acids is 1. The van der Waals surface area contributed by atoms with Gasteiger partial charge in [-0.15, -0.1) is 0 Å². The van der Waals surface area contributed by atoms with Crippen molar-refractivity contribution in [3.05, 3.63) is 58.5 Å². The fourth-order valence-electron chi connectivity index (χ4n) is 2.04. The Kier molecular flexibility index (Phi) is 4.87. The maximum absolute atomic E-state index is 12.2. The molecule has 21 heavy (non-hydrogen) atoms. The van der Waals surface area contributed by atoms with Gasteiger partial charge in [0.25, 0.3) is 11.5 Å². The van der Waals surface area contributed by atoms with Crippen LogP contribution in [-0.2, 0) is 0 Å². The topological polar surface area (TPSA) is 64.0 Å². The first kappa shape index (κ1) is 15.0. The number of hydrogen-bond acceptors (Lipinski definition) is 3. The van der Waals surface area contributed by atoms with E-state index in [-0.39, 0.29) is 23.2 Å². The van der Waals surface area contributed by atoms with Crippen LogP contribution in [0.2, 0.25) is 0 Å². The summed E-state index contributed by atoms with van der Waals surface area (Å²) < 4.78 is 1.24. The summed E-state index contributed by atoms with van der Waals surface area (Å²) in [7, 11) is 0. The normalized spacial score (nSPS) is 10.6. The van der Waals surface area contributed by atoms with Crippen molar-refractivity contribution in [1.82, 2.24) is 15.1 Å². The molecule has 0 unspecified atom stereocenters. The van der Waals surface area contributed by atoms with Crippen LogP contribution < -0.4 is 10.9 Å². The van der Waals surface area contributed by atoms with E-state index in [9.17, 15) is 9.59 Å². The van der Waals surface area contributed by atoms with E-state index in [0.717, 1.165) is 12.8 Å². The molecule has 5 heteroatoms. The van der Waals surface area contributed by atoms with E-state index in [1.807, 2.05) is 32.0 Å². The van der Waals surface area contributed by atoms with Crippen LogP contribution in [0.25, 0.3) is 5.69 Å². The standard InChI is InChI=1S/C16H19N3O2/c1-3-12(4-2)17-16(21)14-10-11-15(20)19(18-14)13-8-6-5-7-9-13/h5-12H,3-4H2,1-2H3,(H,17,21). The molecule has 0 atom stereocenters. The molecular weight excluding hydrogens is 266 g/mol. The van der Waals surface area contributed by atoms with Crippen LogP contribution in [0.1, 0.15) is 37.2 Å². The average molecular weight is 285 g/mol. The Bertz CT molecular complexity index is 661. The minimum atomic E-state index is -0.264. The number of amides is 1. The Morgan fingerprint density at radius 2 is 1.81 bits per heavy atom. The predicted octanol–water partition coefficient (Wildman–Crippen LogP) is 2.15. The van der Waals surface area contributed by atoms with E-state index in [0.29, 0.717) is 5.69 Å². The number of nitrogens with one attached hydrogen (secondary N) is 1. The molecule has 0 fully saturated rings. The molecule has 0 saturated carbocycles. The molecule has 1 aromatic carbocycles. The van der Waals surface area contributed by atoms with Gasteiger partial charge in [0, 0.05) is 12.1 Å². The molecule has 0 aliphatic carbocycles. The van der Waals surface area contributed by atoms with Gasteiger partial charge in [-0.1, -0.05) is 32.0 Å². The van der Waals surface area contributed by atoms with Crippen molar-refractivity contribution in [3.63, 3.8) is 0 Å². The Morgan fingerprint density at radius 1 is 1.14 bits per heavy atom. The van der Waals surface area contributed by atoms with Crippen LogP contribution in [-0.4, -0.2) is 21.7 Å². The van der Waals surface area contributed by atoms with Gasteiger partial charge in [0.1, 0.15) is 5.69 Å². The maximum atomic E-state index is 12.2. The first-order valence-electron chi connectivity index (χ1n) is 7.12. The van der Waals surface area contributed by atoms with E-state index < -0.39 is 0 Å². The van der Waals surface area contributed by atoms with Crippen molar-refractivity contribution < 1.29 is 4.79 Å². The monoisotopic (exact) mass is 285 g/mol. The van der Waals surface area contributed by atoms with Crippen LogP contribution in [0.15, 0.2) is 47.3 Å². The number of hydrogen-bond donors (Lipinski definition) is 1. The van der Waals surface area contributed by atoms with Crippen LogP contribution in [0, 0.1) is 0 Å². The van der Waals surface area contributed by atoms with Gasteiger partial charge in [0.15, 0.2) is 0 Å². The third kappa shape index (κ3) is 3.56. The van der Waals surface area contributed by atoms with Crippen LogP contribution in [0.5, 0.6) is 0 Å². The van der Waals surface area contributed by atoms with Crippen molar-refractivity contribution in [1.29, 1.82) is 0 Å². The van der Waals surface area contributed by atoms with Crippen molar-refractivity contribution in [2.45, 2.75) is 32.7 Å². The molecule has 0 aliphatic heterocycles. The summed E-state index contributed by atoms with van der Waals surface area (Å²) in [6.07, 6.45) is 1.72. The fourth-order valence-corrected chi connectivity index (χ4v) is 2.04. The zero-order chi connectivity index (χ0) is 15.2. The van der Waals surface area contributed by atoms with Gasteiger partial charge in [0.2, 0.25) is 0 Å². The molecule has 2 rings (SSSR count). The van der Waals surface area contributed by atoms with E-state index in [4.69, 9.17) is 0 Å². The summed E-state index contributed by atoms with van der Waals surface area (Å²) in [6, 6.07) is 12.0. The lowest BCUT2D eigenvalue weighted by Gasteiger charge is -2.14. The van der Waals surface area contributed by atoms with E-state index in [2.05, 4.69) is 10.4 Å². The summed E-state index contributed by atoms with van der Waals surface area (Å²) in [4.78, 5) is 24.1. The highest BCUT2D eigenvalue weighted by atomic mass is 16.2. The second-order valence-corrected chi connectivity index (χ2v) is 4.79. The minimum Gasteiger partial charge on any atom is -0.348 e. The summed E-state index contributed by atoms with van der Waals surface area (Å²) in [5, 5.41) is 7.07. The van der Waals surface area contributed by atoms with Crippen molar-refractivity contribution in [3.8, 4) is 5.69 Å². The van der Waals surface area contributed by atoms with Gasteiger partial charge in [-0.05, 0) is 31.0 Å². The van der Waals surface area contributed by atoms with Crippen molar-refractivity contribution in [2.24, 2.45) is 0 Å². The van der Waals surface area contributed by atoms with Gasteiger partial charge in [0.05, 0.1) is 5.69 Å². The highest BCUT2D eigenvalue weighted by Gasteiger charge is 2.13. The van der Waals surface area contributed by atoms with E-state index in [1.54, 1.807) is 12.1 Å². The number of aromatic nitrogens is 2. The van der Waals surface area contributed by atoms with Crippen molar-refractivity contribution >= 4 is 5.91 Å². The molecule has 1 heterocycles. The summed E-state index contributed by atoms with van der Waals surface area (Å²) in [5.41, 5.74) is 0.616. The molecule has 0 bridgehead atoms. The van der Waals surface area contributed by atoms with Gasteiger partial charge >= 0.3 is 0 Å². The van der Waals surface area contributed by atoms with Gasteiger partial charge < -0.3 is 5.32 Å². The van der Waals surface area contributed by atoms with Crippen LogP contribution in [0.4, 0.5) is 0 Å². The minimum absolute atomic E-state index is 0.122. The quantitative estimate of drug-likeness (QED) is 0.915. The number of para-hydroxylation sites is 1.